The molecule has 6 nitrogen and oxygen atoms in total. The van der Waals surface area contributed by atoms with Gasteiger partial charge in [0.15, 0.2) is 0 Å². The largest absolute Gasteiger partial charge is 0.480 e. The molecule has 1 aromatic carbocycles. The Labute approximate surface area is 127 Å². The van der Waals surface area contributed by atoms with Gasteiger partial charge in [-0.05, 0) is 19.1 Å². The Hall–Kier alpha value is -1.99. The average molecular weight is 308 g/mol. The third kappa shape index (κ3) is 3.03. The van der Waals surface area contributed by atoms with Crippen molar-refractivity contribution in [1.29, 1.82) is 0 Å². The van der Waals surface area contributed by atoms with Crippen LogP contribution in [0.5, 0.6) is 5.75 Å². The van der Waals surface area contributed by atoms with Crippen molar-refractivity contribution in [3.8, 4) is 5.75 Å². The number of rotatable bonds is 4. The quantitative estimate of drug-likeness (QED) is 0.523. The lowest BCUT2D eigenvalue weighted by Gasteiger charge is -2.33. The molecule has 7 heteroatoms. The molecule has 1 aliphatic rings. The van der Waals surface area contributed by atoms with E-state index in [1.807, 2.05) is 13.0 Å². The van der Waals surface area contributed by atoms with E-state index in [-0.39, 0.29) is 5.69 Å². The Bertz CT molecular complexity index is 629. The fourth-order valence-corrected chi connectivity index (χ4v) is 2.44. The highest BCUT2D eigenvalue weighted by Crippen LogP contribution is 2.38. The van der Waals surface area contributed by atoms with Crippen LogP contribution < -0.4 is 10.1 Å². The van der Waals surface area contributed by atoms with Gasteiger partial charge in [-0.25, -0.2) is 0 Å². The van der Waals surface area contributed by atoms with Gasteiger partial charge in [-0.2, -0.15) is 0 Å². The number of fused-ring (bicyclic) bond motifs is 1. The van der Waals surface area contributed by atoms with Crippen molar-refractivity contribution in [2.24, 2.45) is 0 Å². The SMILES string of the molecule is CNC(=S)C1=CC(C)(COC)Oc2ccc([N+](=O)[O-])cc21. The van der Waals surface area contributed by atoms with Gasteiger partial charge in [0, 0.05) is 37.4 Å². The first-order chi connectivity index (χ1) is 9.90. The molecule has 0 aliphatic carbocycles. The Morgan fingerprint density at radius 1 is 1.57 bits per heavy atom. The van der Waals surface area contributed by atoms with Gasteiger partial charge in [0.2, 0.25) is 0 Å². The maximum absolute atomic E-state index is 10.9. The van der Waals surface area contributed by atoms with Gasteiger partial charge in [0.25, 0.3) is 5.69 Å². The molecule has 0 radical (unpaired) electrons. The molecule has 21 heavy (non-hydrogen) atoms. The lowest BCUT2D eigenvalue weighted by atomic mass is 9.93. The van der Waals surface area contributed by atoms with E-state index in [9.17, 15) is 10.1 Å². The minimum Gasteiger partial charge on any atom is -0.480 e. The normalized spacial score (nSPS) is 20.0. The summed E-state index contributed by atoms with van der Waals surface area (Å²) in [5.74, 6) is 0.551. The highest BCUT2D eigenvalue weighted by Gasteiger charge is 2.33. The smallest absolute Gasteiger partial charge is 0.270 e. The van der Waals surface area contributed by atoms with Gasteiger partial charge in [-0.3, -0.25) is 10.1 Å². The number of nitro groups is 1. The molecule has 112 valence electrons. The molecule has 1 atom stereocenters. The fourth-order valence-electron chi connectivity index (χ4n) is 2.27. The van der Waals surface area contributed by atoms with Crippen molar-refractivity contribution in [3.05, 3.63) is 40.0 Å². The first-order valence-corrected chi connectivity index (χ1v) is 6.73. The molecule has 0 aromatic heterocycles. The highest BCUT2D eigenvalue weighted by atomic mass is 32.1. The summed E-state index contributed by atoms with van der Waals surface area (Å²) in [4.78, 5) is 11.0. The standard InChI is InChI=1S/C14H16N2O4S/c1-14(8-19-3)7-11(13(21)15-2)10-6-9(16(17)18)4-5-12(10)20-14/h4-7H,8H2,1-3H3,(H,15,21). The molecule has 2 rings (SSSR count). The van der Waals surface area contributed by atoms with Crippen molar-refractivity contribution in [2.45, 2.75) is 12.5 Å². The first kappa shape index (κ1) is 15.4. The molecule has 1 unspecified atom stereocenters. The number of nitro benzene ring substituents is 1. The van der Waals surface area contributed by atoms with Gasteiger partial charge in [-0.1, -0.05) is 12.2 Å². The van der Waals surface area contributed by atoms with Crippen LogP contribution >= 0.6 is 12.2 Å². The Kier molecular flexibility index (Phi) is 4.24. The van der Waals surface area contributed by atoms with Crippen LogP contribution in [0.4, 0.5) is 5.69 Å². The summed E-state index contributed by atoms with van der Waals surface area (Å²) in [6, 6.07) is 4.47. The Morgan fingerprint density at radius 3 is 2.86 bits per heavy atom. The second kappa shape index (κ2) is 5.79. The zero-order valence-corrected chi connectivity index (χ0v) is 12.8. The zero-order chi connectivity index (χ0) is 15.6. The molecule has 1 heterocycles. The van der Waals surface area contributed by atoms with Crippen LogP contribution in [0.3, 0.4) is 0 Å². The van der Waals surface area contributed by atoms with Crippen LogP contribution in [-0.2, 0) is 4.74 Å². The van der Waals surface area contributed by atoms with E-state index in [4.69, 9.17) is 21.7 Å². The fraction of sp³-hybridized carbons (Fsp3) is 0.357. The van der Waals surface area contributed by atoms with E-state index in [2.05, 4.69) is 5.32 Å². The van der Waals surface area contributed by atoms with E-state index in [1.165, 1.54) is 12.1 Å². The number of benzene rings is 1. The zero-order valence-electron chi connectivity index (χ0n) is 12.0. The minimum atomic E-state index is -0.672. The van der Waals surface area contributed by atoms with Crippen LogP contribution in [0.1, 0.15) is 12.5 Å². The van der Waals surface area contributed by atoms with Crippen LogP contribution in [-0.4, -0.2) is 36.3 Å². The lowest BCUT2D eigenvalue weighted by Crippen LogP contribution is -2.39. The molecule has 0 saturated carbocycles. The van der Waals surface area contributed by atoms with Crippen LogP contribution in [0.15, 0.2) is 24.3 Å². The maximum Gasteiger partial charge on any atom is 0.270 e. The van der Waals surface area contributed by atoms with Gasteiger partial charge < -0.3 is 14.8 Å². The van der Waals surface area contributed by atoms with Gasteiger partial charge >= 0.3 is 0 Å². The summed E-state index contributed by atoms with van der Waals surface area (Å²) in [5.41, 5.74) is 0.639. The van der Waals surface area contributed by atoms with Crippen molar-refractivity contribution < 1.29 is 14.4 Å². The van der Waals surface area contributed by atoms with Crippen molar-refractivity contribution >= 4 is 28.5 Å². The molecule has 0 bridgehead atoms. The number of methoxy groups -OCH3 is 1. The van der Waals surface area contributed by atoms with E-state index in [0.717, 1.165) is 0 Å². The predicted molar refractivity (Wildman–Crippen MR) is 83.6 cm³/mol. The van der Waals surface area contributed by atoms with E-state index < -0.39 is 10.5 Å². The Morgan fingerprint density at radius 2 is 2.29 bits per heavy atom. The first-order valence-electron chi connectivity index (χ1n) is 6.32. The summed E-state index contributed by atoms with van der Waals surface area (Å²) in [6.07, 6.45) is 1.83. The summed E-state index contributed by atoms with van der Waals surface area (Å²) in [6.45, 7) is 2.22. The Balaban J connectivity index is 2.57. The van der Waals surface area contributed by atoms with E-state index >= 15 is 0 Å². The van der Waals surface area contributed by atoms with Crippen LogP contribution in [0.2, 0.25) is 0 Å². The minimum absolute atomic E-state index is 0.00232. The van der Waals surface area contributed by atoms with Crippen LogP contribution in [0.25, 0.3) is 5.57 Å². The third-order valence-corrected chi connectivity index (χ3v) is 3.58. The number of hydrogen-bond donors (Lipinski definition) is 1. The van der Waals surface area contributed by atoms with Gasteiger partial charge in [0.05, 0.1) is 11.5 Å². The number of nitrogens with one attached hydrogen (secondary N) is 1. The number of likely N-dealkylation sites (N-methyl/N-ethyl adjacent to an activating group) is 1. The summed E-state index contributed by atoms with van der Waals surface area (Å²) >= 11 is 5.30. The molecule has 0 fully saturated rings. The summed E-state index contributed by atoms with van der Waals surface area (Å²) < 4.78 is 11.1. The second-order valence-corrected chi connectivity index (χ2v) is 5.33. The van der Waals surface area contributed by atoms with Crippen molar-refractivity contribution in [2.75, 3.05) is 20.8 Å². The number of hydrogen-bond acceptors (Lipinski definition) is 5. The van der Waals surface area contributed by atoms with Crippen molar-refractivity contribution in [1.82, 2.24) is 5.32 Å². The topological polar surface area (TPSA) is 73.6 Å². The number of ether oxygens (including phenoxy) is 2. The monoisotopic (exact) mass is 308 g/mol. The van der Waals surface area contributed by atoms with Gasteiger partial charge in [-0.15, -0.1) is 0 Å². The lowest BCUT2D eigenvalue weighted by molar-refractivity contribution is -0.384. The average Bonchev–Trinajstić information content (AvgIpc) is 2.45. The molecule has 1 N–H and O–H groups in total. The molecule has 1 aromatic rings. The number of nitrogens with zero attached hydrogens (tertiary/aromatic N) is 1. The van der Waals surface area contributed by atoms with Gasteiger partial charge in [0.1, 0.15) is 16.3 Å². The number of thiocarbonyl (C=S) groups is 1. The summed E-state index contributed by atoms with van der Waals surface area (Å²) in [5, 5.41) is 13.8. The predicted octanol–water partition coefficient (Wildman–Crippen LogP) is 2.32. The van der Waals surface area contributed by atoms with Crippen molar-refractivity contribution in [3.63, 3.8) is 0 Å². The highest BCUT2D eigenvalue weighted by molar-refractivity contribution is 7.81. The van der Waals surface area contributed by atoms with E-state index in [0.29, 0.717) is 28.5 Å². The second-order valence-electron chi connectivity index (χ2n) is 4.92. The molecule has 1 aliphatic heterocycles. The number of non-ortho nitro benzene ring substituents is 1. The van der Waals surface area contributed by atoms with Crippen LogP contribution in [0, 0.1) is 10.1 Å². The molecular weight excluding hydrogens is 292 g/mol. The molecule has 0 saturated heterocycles. The molecular formula is C14H16N2O4S. The molecule has 0 spiro atoms. The molecule has 0 amide bonds. The third-order valence-electron chi connectivity index (χ3n) is 3.16. The van der Waals surface area contributed by atoms with E-state index in [1.54, 1.807) is 20.2 Å². The summed E-state index contributed by atoms with van der Waals surface area (Å²) in [7, 11) is 3.30. The maximum atomic E-state index is 10.9.